The molecule has 0 fully saturated rings. The number of benzene rings is 2. The average molecular weight is 329 g/mol. The SMILES string of the molecule is O=C(O)N(c1ccccc1)n1c(-c2ccccc2)cc2cnccc21. The molecule has 0 spiro atoms. The maximum absolute atomic E-state index is 12.1. The van der Waals surface area contributed by atoms with Crippen molar-refractivity contribution in [3.63, 3.8) is 0 Å². The number of pyridine rings is 1. The van der Waals surface area contributed by atoms with Gasteiger partial charge in [0.1, 0.15) is 0 Å². The summed E-state index contributed by atoms with van der Waals surface area (Å²) in [5.74, 6) is 0. The van der Waals surface area contributed by atoms with Gasteiger partial charge < -0.3 is 5.11 Å². The maximum Gasteiger partial charge on any atom is 0.431 e. The Morgan fingerprint density at radius 2 is 1.64 bits per heavy atom. The van der Waals surface area contributed by atoms with Gasteiger partial charge in [0.25, 0.3) is 0 Å². The molecule has 1 amide bonds. The molecule has 0 radical (unpaired) electrons. The molecule has 5 nitrogen and oxygen atoms in total. The summed E-state index contributed by atoms with van der Waals surface area (Å²) in [4.78, 5) is 16.3. The van der Waals surface area contributed by atoms with Crippen molar-refractivity contribution in [2.24, 2.45) is 0 Å². The highest BCUT2D eigenvalue weighted by Crippen LogP contribution is 2.30. The van der Waals surface area contributed by atoms with E-state index in [-0.39, 0.29) is 0 Å². The molecule has 4 aromatic rings. The van der Waals surface area contributed by atoms with Crippen LogP contribution in [0.15, 0.2) is 85.2 Å². The van der Waals surface area contributed by atoms with Gasteiger partial charge in [-0.3, -0.25) is 4.98 Å². The topological polar surface area (TPSA) is 58.4 Å². The molecule has 0 aliphatic heterocycles. The molecule has 0 saturated heterocycles. The van der Waals surface area contributed by atoms with Crippen LogP contribution in [0.3, 0.4) is 0 Å². The Labute approximate surface area is 144 Å². The third-order valence-corrected chi connectivity index (χ3v) is 4.03. The minimum Gasteiger partial charge on any atom is -0.463 e. The lowest BCUT2D eigenvalue weighted by molar-refractivity contribution is 0.199. The number of hydrogen-bond acceptors (Lipinski definition) is 2. The molecule has 0 saturated carbocycles. The van der Waals surface area contributed by atoms with Gasteiger partial charge in [0.2, 0.25) is 0 Å². The van der Waals surface area contributed by atoms with Crippen molar-refractivity contribution in [1.82, 2.24) is 9.66 Å². The van der Waals surface area contributed by atoms with E-state index in [1.165, 1.54) is 5.01 Å². The molecule has 2 heterocycles. The summed E-state index contributed by atoms with van der Waals surface area (Å²) in [5.41, 5.74) is 3.07. The first kappa shape index (κ1) is 15.0. The van der Waals surface area contributed by atoms with Gasteiger partial charge in [0.15, 0.2) is 0 Å². The first-order chi connectivity index (χ1) is 12.3. The van der Waals surface area contributed by atoms with E-state index in [0.29, 0.717) is 5.69 Å². The van der Waals surface area contributed by atoms with E-state index in [4.69, 9.17) is 0 Å². The Kier molecular flexibility index (Phi) is 3.67. The number of rotatable bonds is 3. The zero-order valence-corrected chi connectivity index (χ0v) is 13.3. The van der Waals surface area contributed by atoms with E-state index in [9.17, 15) is 9.90 Å². The summed E-state index contributed by atoms with van der Waals surface area (Å²) in [7, 11) is 0. The van der Waals surface area contributed by atoms with Gasteiger partial charge in [-0.15, -0.1) is 0 Å². The number of nitrogens with zero attached hydrogens (tertiary/aromatic N) is 3. The van der Waals surface area contributed by atoms with Crippen molar-refractivity contribution in [1.29, 1.82) is 0 Å². The summed E-state index contributed by atoms with van der Waals surface area (Å²) in [5, 5.41) is 12.1. The highest BCUT2D eigenvalue weighted by atomic mass is 16.4. The summed E-state index contributed by atoms with van der Waals surface area (Å²) >= 11 is 0. The molecule has 122 valence electrons. The van der Waals surface area contributed by atoms with Crippen LogP contribution in [0.1, 0.15) is 0 Å². The quantitative estimate of drug-likeness (QED) is 0.595. The minimum atomic E-state index is -1.06. The summed E-state index contributed by atoms with van der Waals surface area (Å²) in [6.07, 6.45) is 2.35. The average Bonchev–Trinajstić information content (AvgIpc) is 3.03. The van der Waals surface area contributed by atoms with E-state index in [0.717, 1.165) is 22.2 Å². The molecule has 2 aromatic carbocycles. The van der Waals surface area contributed by atoms with Crippen molar-refractivity contribution >= 4 is 22.7 Å². The Bertz CT molecular complexity index is 1030. The molecule has 1 N–H and O–H groups in total. The normalized spacial score (nSPS) is 10.7. The van der Waals surface area contributed by atoms with Crippen molar-refractivity contribution in [2.45, 2.75) is 0 Å². The third-order valence-electron chi connectivity index (χ3n) is 4.03. The fourth-order valence-corrected chi connectivity index (χ4v) is 2.95. The largest absolute Gasteiger partial charge is 0.463 e. The summed E-state index contributed by atoms with van der Waals surface area (Å²) in [6.45, 7) is 0. The third kappa shape index (κ3) is 2.61. The number of carbonyl (C=O) groups is 1. The van der Waals surface area contributed by atoms with E-state index in [1.54, 1.807) is 29.2 Å². The predicted octanol–water partition coefficient (Wildman–Crippen LogP) is 4.65. The molecule has 0 aliphatic rings. The molecule has 2 aromatic heterocycles. The van der Waals surface area contributed by atoms with Crippen LogP contribution in [-0.2, 0) is 0 Å². The molecule has 0 atom stereocenters. The molecule has 5 heteroatoms. The smallest absolute Gasteiger partial charge is 0.431 e. The van der Waals surface area contributed by atoms with Gasteiger partial charge in [-0.2, -0.15) is 5.01 Å². The molecule has 4 rings (SSSR count). The Hall–Kier alpha value is -3.60. The fraction of sp³-hybridized carbons (Fsp3) is 0. The minimum absolute atomic E-state index is 0.571. The van der Waals surface area contributed by atoms with E-state index >= 15 is 0 Å². The zero-order chi connectivity index (χ0) is 17.2. The summed E-state index contributed by atoms with van der Waals surface area (Å²) < 4.78 is 1.71. The fourth-order valence-electron chi connectivity index (χ4n) is 2.95. The molecule has 25 heavy (non-hydrogen) atoms. The van der Waals surface area contributed by atoms with Crippen LogP contribution < -0.4 is 5.01 Å². The number of anilines is 1. The van der Waals surface area contributed by atoms with Crippen LogP contribution in [0.25, 0.3) is 22.2 Å². The van der Waals surface area contributed by atoms with Crippen LogP contribution in [0.5, 0.6) is 0 Å². The van der Waals surface area contributed by atoms with Gasteiger partial charge in [0.05, 0.1) is 16.9 Å². The second-order valence-electron chi connectivity index (χ2n) is 5.57. The number of para-hydroxylation sites is 1. The van der Waals surface area contributed by atoms with Crippen LogP contribution >= 0.6 is 0 Å². The predicted molar refractivity (Wildman–Crippen MR) is 97.5 cm³/mol. The van der Waals surface area contributed by atoms with Crippen LogP contribution in [0.4, 0.5) is 10.5 Å². The standard InChI is InChI=1S/C20H15N3O2/c24-20(25)22(17-9-5-2-6-10-17)23-18-11-12-21-14-16(18)13-19(23)15-7-3-1-4-8-15/h1-14H,(H,24,25). The first-order valence-electron chi connectivity index (χ1n) is 7.85. The van der Waals surface area contributed by atoms with E-state index in [1.807, 2.05) is 60.7 Å². The van der Waals surface area contributed by atoms with Crippen molar-refractivity contribution in [3.05, 3.63) is 85.2 Å². The second kappa shape index (κ2) is 6.13. The number of hydrogen-bond donors (Lipinski definition) is 1. The molecular weight excluding hydrogens is 314 g/mol. The van der Waals surface area contributed by atoms with Crippen molar-refractivity contribution in [2.75, 3.05) is 5.01 Å². The number of aromatic nitrogens is 2. The van der Waals surface area contributed by atoms with E-state index in [2.05, 4.69) is 4.98 Å². The lowest BCUT2D eigenvalue weighted by Crippen LogP contribution is -2.35. The number of amides is 1. The van der Waals surface area contributed by atoms with Crippen LogP contribution in [0.2, 0.25) is 0 Å². The first-order valence-corrected chi connectivity index (χ1v) is 7.85. The summed E-state index contributed by atoms with van der Waals surface area (Å²) in [6, 6.07) is 22.5. The van der Waals surface area contributed by atoms with E-state index < -0.39 is 6.09 Å². The van der Waals surface area contributed by atoms with Crippen molar-refractivity contribution < 1.29 is 9.90 Å². The second-order valence-corrected chi connectivity index (χ2v) is 5.57. The number of fused-ring (bicyclic) bond motifs is 1. The van der Waals surface area contributed by atoms with Gasteiger partial charge in [0, 0.05) is 23.3 Å². The zero-order valence-electron chi connectivity index (χ0n) is 13.3. The van der Waals surface area contributed by atoms with Gasteiger partial charge in [-0.1, -0.05) is 48.5 Å². The highest BCUT2D eigenvalue weighted by Gasteiger charge is 2.22. The lowest BCUT2D eigenvalue weighted by Gasteiger charge is -2.24. The van der Waals surface area contributed by atoms with Gasteiger partial charge >= 0.3 is 6.09 Å². The van der Waals surface area contributed by atoms with Crippen LogP contribution in [0, 0.1) is 0 Å². The molecule has 0 bridgehead atoms. The number of carboxylic acid groups (broad SMARTS) is 1. The van der Waals surface area contributed by atoms with Crippen LogP contribution in [-0.4, -0.2) is 20.9 Å². The molecule has 0 aliphatic carbocycles. The highest BCUT2D eigenvalue weighted by molar-refractivity contribution is 5.93. The van der Waals surface area contributed by atoms with Crippen molar-refractivity contribution in [3.8, 4) is 11.3 Å². The van der Waals surface area contributed by atoms with Gasteiger partial charge in [-0.25, -0.2) is 9.47 Å². The maximum atomic E-state index is 12.1. The Balaban J connectivity index is 2.03. The molecule has 0 unspecified atom stereocenters. The molecular formula is C20H15N3O2. The monoisotopic (exact) mass is 329 g/mol. The Morgan fingerprint density at radius 1 is 0.960 bits per heavy atom. The Morgan fingerprint density at radius 3 is 2.32 bits per heavy atom. The lowest BCUT2D eigenvalue weighted by atomic mass is 10.1. The van der Waals surface area contributed by atoms with Gasteiger partial charge in [-0.05, 0) is 24.3 Å².